The van der Waals surface area contributed by atoms with Gasteiger partial charge in [0.25, 0.3) is 0 Å². The van der Waals surface area contributed by atoms with E-state index in [1.165, 1.54) is 13.2 Å². The molecule has 0 heterocycles. The van der Waals surface area contributed by atoms with Crippen molar-refractivity contribution in [1.29, 1.82) is 0 Å². The van der Waals surface area contributed by atoms with Crippen LogP contribution in [-0.2, 0) is 0 Å². The molecule has 1 aromatic rings. The Hall–Kier alpha value is -0.490. The molecule has 0 aliphatic carbocycles. The predicted octanol–water partition coefficient (Wildman–Crippen LogP) is 2.65. The second-order valence-electron chi connectivity index (χ2n) is 2.25. The third-order valence-corrected chi connectivity index (χ3v) is 2.71. The number of hydrogen-bond donors (Lipinski definition) is 1. The average Bonchev–Trinajstić information content (AvgIpc) is 2.04. The summed E-state index contributed by atoms with van der Waals surface area (Å²) in [7, 11) is 1.45. The summed E-state index contributed by atoms with van der Waals surface area (Å²) in [6.07, 6.45) is 0. The fraction of sp³-hybridized carbons (Fsp3) is 0.125. The summed E-state index contributed by atoms with van der Waals surface area (Å²) in [5.74, 6) is -0.651. The number of aromatic carboxylic acids is 1. The molecule has 3 nitrogen and oxygen atoms in total. The molecule has 0 spiro atoms. The first-order valence-electron chi connectivity index (χ1n) is 3.33. The van der Waals surface area contributed by atoms with Gasteiger partial charge in [-0.1, -0.05) is 11.6 Å². The van der Waals surface area contributed by atoms with Gasteiger partial charge in [0.2, 0.25) is 0 Å². The number of halogens is 2. The summed E-state index contributed by atoms with van der Waals surface area (Å²) in [6, 6.07) is 3.10. The highest BCUT2D eigenvalue weighted by Crippen LogP contribution is 2.32. The molecule has 0 radical (unpaired) electrons. The molecule has 70 valence electrons. The van der Waals surface area contributed by atoms with Crippen molar-refractivity contribution in [3.63, 3.8) is 0 Å². The van der Waals surface area contributed by atoms with E-state index in [1.807, 2.05) is 22.6 Å². The molecule has 0 atom stereocenters. The van der Waals surface area contributed by atoms with Crippen LogP contribution in [0.15, 0.2) is 12.1 Å². The van der Waals surface area contributed by atoms with Gasteiger partial charge in [-0.15, -0.1) is 0 Å². The number of methoxy groups -OCH3 is 1. The molecule has 1 rings (SSSR count). The minimum Gasteiger partial charge on any atom is -0.494 e. The van der Waals surface area contributed by atoms with E-state index in [4.69, 9.17) is 21.4 Å². The van der Waals surface area contributed by atoms with E-state index in [-0.39, 0.29) is 10.6 Å². The Morgan fingerprint density at radius 1 is 1.62 bits per heavy atom. The van der Waals surface area contributed by atoms with Gasteiger partial charge in [-0.05, 0) is 34.7 Å². The molecule has 0 unspecified atom stereocenters. The molecule has 13 heavy (non-hydrogen) atoms. The molecule has 0 aliphatic heterocycles. The second-order valence-corrected chi connectivity index (χ2v) is 3.79. The first kappa shape index (κ1) is 10.6. The van der Waals surface area contributed by atoms with E-state index in [1.54, 1.807) is 6.07 Å². The summed E-state index contributed by atoms with van der Waals surface area (Å²) in [4.78, 5) is 10.7. The topological polar surface area (TPSA) is 46.5 Å². The standard InChI is InChI=1S/C8H6ClIO3/c1-13-7-5(10)3-2-4(6(7)9)8(11)12/h2-3H,1H3,(H,11,12). The number of carbonyl (C=O) groups is 1. The van der Waals surface area contributed by atoms with Crippen LogP contribution in [0, 0.1) is 3.57 Å². The Kier molecular flexibility index (Phi) is 3.38. The van der Waals surface area contributed by atoms with E-state index in [0.717, 1.165) is 3.57 Å². The van der Waals surface area contributed by atoms with Gasteiger partial charge in [0.1, 0.15) is 0 Å². The first-order chi connectivity index (χ1) is 6.07. The van der Waals surface area contributed by atoms with Crippen LogP contribution in [0.25, 0.3) is 0 Å². The van der Waals surface area contributed by atoms with Gasteiger partial charge in [-0.25, -0.2) is 4.79 Å². The molecule has 0 aromatic heterocycles. The quantitative estimate of drug-likeness (QED) is 0.854. The molecular weight excluding hydrogens is 306 g/mol. The maximum absolute atomic E-state index is 10.7. The van der Waals surface area contributed by atoms with Crippen LogP contribution in [0.4, 0.5) is 0 Å². The van der Waals surface area contributed by atoms with Crippen molar-refractivity contribution in [2.45, 2.75) is 0 Å². The molecule has 0 bridgehead atoms. The Labute approximate surface area is 93.8 Å². The van der Waals surface area contributed by atoms with Crippen LogP contribution in [0.1, 0.15) is 10.4 Å². The summed E-state index contributed by atoms with van der Waals surface area (Å²) in [6.45, 7) is 0. The summed E-state index contributed by atoms with van der Waals surface area (Å²) < 4.78 is 5.75. The molecular formula is C8H6ClIO3. The van der Waals surface area contributed by atoms with Crippen molar-refractivity contribution in [2.75, 3.05) is 7.11 Å². The third-order valence-electron chi connectivity index (χ3n) is 1.48. The van der Waals surface area contributed by atoms with Gasteiger partial charge in [-0.3, -0.25) is 0 Å². The number of hydrogen-bond acceptors (Lipinski definition) is 2. The normalized spacial score (nSPS) is 9.77. The number of carboxylic acids is 1. The van der Waals surface area contributed by atoms with Crippen molar-refractivity contribution >= 4 is 40.2 Å². The summed E-state index contributed by atoms with van der Waals surface area (Å²) >= 11 is 7.82. The summed E-state index contributed by atoms with van der Waals surface area (Å²) in [5.41, 5.74) is 0.0546. The molecule has 5 heteroatoms. The van der Waals surface area contributed by atoms with E-state index < -0.39 is 5.97 Å². The molecule has 0 amide bonds. The van der Waals surface area contributed by atoms with Crippen molar-refractivity contribution in [3.05, 3.63) is 26.3 Å². The van der Waals surface area contributed by atoms with Gasteiger partial charge in [0.15, 0.2) is 5.75 Å². The number of carboxylic acid groups (broad SMARTS) is 1. The number of benzene rings is 1. The molecule has 1 N–H and O–H groups in total. The van der Waals surface area contributed by atoms with Crippen LogP contribution in [0.5, 0.6) is 5.75 Å². The molecule has 0 aliphatic rings. The Balaban J connectivity index is 3.35. The third kappa shape index (κ3) is 2.05. The maximum atomic E-state index is 10.7. The zero-order chi connectivity index (χ0) is 10.0. The van der Waals surface area contributed by atoms with E-state index in [0.29, 0.717) is 5.75 Å². The lowest BCUT2D eigenvalue weighted by atomic mass is 10.2. The highest BCUT2D eigenvalue weighted by molar-refractivity contribution is 14.1. The smallest absolute Gasteiger partial charge is 0.337 e. The van der Waals surface area contributed by atoms with E-state index >= 15 is 0 Å². The van der Waals surface area contributed by atoms with Gasteiger partial charge in [-0.2, -0.15) is 0 Å². The van der Waals surface area contributed by atoms with Gasteiger partial charge in [0.05, 0.1) is 21.3 Å². The van der Waals surface area contributed by atoms with Crippen molar-refractivity contribution in [2.24, 2.45) is 0 Å². The highest BCUT2D eigenvalue weighted by Gasteiger charge is 2.15. The Bertz CT molecular complexity index is 351. The monoisotopic (exact) mass is 312 g/mol. The maximum Gasteiger partial charge on any atom is 0.337 e. The lowest BCUT2D eigenvalue weighted by molar-refractivity contribution is 0.0696. The summed E-state index contributed by atoms with van der Waals surface area (Å²) in [5, 5.41) is 8.87. The Morgan fingerprint density at radius 3 is 2.69 bits per heavy atom. The zero-order valence-corrected chi connectivity index (χ0v) is 9.59. The van der Waals surface area contributed by atoms with Crippen LogP contribution < -0.4 is 4.74 Å². The highest BCUT2D eigenvalue weighted by atomic mass is 127. The average molecular weight is 312 g/mol. The minimum atomic E-state index is -1.06. The zero-order valence-electron chi connectivity index (χ0n) is 6.67. The largest absolute Gasteiger partial charge is 0.494 e. The van der Waals surface area contributed by atoms with Crippen molar-refractivity contribution in [3.8, 4) is 5.75 Å². The lowest BCUT2D eigenvalue weighted by Gasteiger charge is -2.07. The van der Waals surface area contributed by atoms with Gasteiger partial charge < -0.3 is 9.84 Å². The molecule has 0 saturated carbocycles. The van der Waals surface area contributed by atoms with Crippen LogP contribution in [0.3, 0.4) is 0 Å². The number of rotatable bonds is 2. The van der Waals surface area contributed by atoms with Gasteiger partial charge >= 0.3 is 5.97 Å². The molecule has 0 saturated heterocycles. The van der Waals surface area contributed by atoms with Gasteiger partial charge in [0, 0.05) is 0 Å². The van der Waals surface area contributed by atoms with Crippen LogP contribution in [-0.4, -0.2) is 18.2 Å². The minimum absolute atomic E-state index is 0.0546. The molecule has 1 aromatic carbocycles. The SMILES string of the molecule is COc1c(I)ccc(C(=O)O)c1Cl. The number of ether oxygens (including phenoxy) is 1. The van der Waals surface area contributed by atoms with Crippen molar-refractivity contribution < 1.29 is 14.6 Å². The first-order valence-corrected chi connectivity index (χ1v) is 4.79. The van der Waals surface area contributed by atoms with Crippen LogP contribution in [0.2, 0.25) is 5.02 Å². The predicted molar refractivity (Wildman–Crippen MR) is 57.7 cm³/mol. The van der Waals surface area contributed by atoms with E-state index in [2.05, 4.69) is 0 Å². The lowest BCUT2D eigenvalue weighted by Crippen LogP contribution is -2.00. The Morgan fingerprint density at radius 2 is 2.23 bits per heavy atom. The van der Waals surface area contributed by atoms with Crippen LogP contribution >= 0.6 is 34.2 Å². The van der Waals surface area contributed by atoms with Crippen molar-refractivity contribution in [1.82, 2.24) is 0 Å². The van der Waals surface area contributed by atoms with E-state index in [9.17, 15) is 4.79 Å². The fourth-order valence-electron chi connectivity index (χ4n) is 0.885. The fourth-order valence-corrected chi connectivity index (χ4v) is 2.04. The second kappa shape index (κ2) is 4.15. The molecule has 0 fully saturated rings.